The maximum Gasteiger partial charge on any atom is 0.251 e. The topological polar surface area (TPSA) is 47.6 Å². The molecule has 0 spiro atoms. The molecule has 108 valence electrons. The molecule has 0 saturated carbocycles. The molecule has 0 saturated heterocycles. The first-order valence-corrected chi connectivity index (χ1v) is 7.72. The number of hydrogen-bond acceptors (Lipinski definition) is 3. The van der Waals surface area contributed by atoms with E-state index in [9.17, 15) is 4.79 Å². The van der Waals surface area contributed by atoms with Gasteiger partial charge in [0.2, 0.25) is 0 Å². The maximum atomic E-state index is 12.0. The predicted molar refractivity (Wildman–Crippen MR) is 87.8 cm³/mol. The van der Waals surface area contributed by atoms with Crippen molar-refractivity contribution in [2.75, 3.05) is 13.2 Å². The molecule has 0 fully saturated rings. The van der Waals surface area contributed by atoms with Crippen LogP contribution in [0.1, 0.15) is 10.4 Å². The van der Waals surface area contributed by atoms with Gasteiger partial charge in [0, 0.05) is 9.13 Å². The first-order valence-electron chi connectivity index (χ1n) is 6.64. The Hall–Kier alpha value is -1.76. The molecule has 0 radical (unpaired) electrons. The van der Waals surface area contributed by atoms with Crippen LogP contribution >= 0.6 is 22.6 Å². The van der Waals surface area contributed by atoms with Gasteiger partial charge in [0.05, 0.1) is 6.54 Å². The molecule has 1 atom stereocenters. The molecule has 2 aromatic carbocycles. The van der Waals surface area contributed by atoms with Gasteiger partial charge in [-0.1, -0.05) is 12.1 Å². The van der Waals surface area contributed by atoms with Crippen LogP contribution in [0.5, 0.6) is 11.5 Å². The van der Waals surface area contributed by atoms with E-state index in [0.29, 0.717) is 18.7 Å². The van der Waals surface area contributed by atoms with Crippen LogP contribution in [0.4, 0.5) is 0 Å². The van der Waals surface area contributed by atoms with Gasteiger partial charge in [-0.2, -0.15) is 0 Å². The van der Waals surface area contributed by atoms with Crippen molar-refractivity contribution >= 4 is 28.5 Å². The molecule has 2 aromatic rings. The van der Waals surface area contributed by atoms with E-state index in [1.54, 1.807) is 0 Å². The fourth-order valence-electron chi connectivity index (χ4n) is 2.07. The summed E-state index contributed by atoms with van der Waals surface area (Å²) >= 11 is 2.21. The van der Waals surface area contributed by atoms with Gasteiger partial charge in [-0.25, -0.2) is 0 Å². The van der Waals surface area contributed by atoms with Crippen molar-refractivity contribution in [2.24, 2.45) is 0 Å². The van der Waals surface area contributed by atoms with E-state index < -0.39 is 0 Å². The van der Waals surface area contributed by atoms with Crippen LogP contribution in [0, 0.1) is 3.57 Å². The van der Waals surface area contributed by atoms with Crippen LogP contribution in [0.2, 0.25) is 0 Å². The van der Waals surface area contributed by atoms with Crippen LogP contribution < -0.4 is 14.8 Å². The molecule has 4 nitrogen and oxygen atoms in total. The molecule has 21 heavy (non-hydrogen) atoms. The molecule has 1 amide bonds. The van der Waals surface area contributed by atoms with Crippen LogP contribution in [0.3, 0.4) is 0 Å². The number of rotatable bonds is 3. The number of para-hydroxylation sites is 2. The summed E-state index contributed by atoms with van der Waals surface area (Å²) in [5, 5.41) is 2.87. The Morgan fingerprint density at radius 2 is 1.86 bits per heavy atom. The van der Waals surface area contributed by atoms with E-state index in [0.717, 1.165) is 15.1 Å². The van der Waals surface area contributed by atoms with Crippen LogP contribution in [0.15, 0.2) is 48.5 Å². The third-order valence-electron chi connectivity index (χ3n) is 3.16. The van der Waals surface area contributed by atoms with E-state index in [4.69, 9.17) is 9.47 Å². The summed E-state index contributed by atoms with van der Waals surface area (Å²) < 4.78 is 12.5. The highest BCUT2D eigenvalue weighted by Gasteiger charge is 2.21. The quantitative estimate of drug-likeness (QED) is 0.814. The fraction of sp³-hybridized carbons (Fsp3) is 0.188. The van der Waals surface area contributed by atoms with Crippen LogP contribution in [-0.2, 0) is 0 Å². The van der Waals surface area contributed by atoms with E-state index in [1.165, 1.54) is 0 Å². The zero-order chi connectivity index (χ0) is 14.7. The molecule has 0 aliphatic carbocycles. The first kappa shape index (κ1) is 14.2. The van der Waals surface area contributed by atoms with Crippen molar-refractivity contribution in [3.8, 4) is 11.5 Å². The number of nitrogens with one attached hydrogen (secondary N) is 1. The monoisotopic (exact) mass is 395 g/mol. The molecule has 1 N–H and O–H groups in total. The zero-order valence-corrected chi connectivity index (χ0v) is 13.4. The molecule has 0 unspecified atom stereocenters. The molecule has 1 heterocycles. The Labute approximate surface area is 136 Å². The summed E-state index contributed by atoms with van der Waals surface area (Å²) in [5.41, 5.74) is 0.646. The zero-order valence-electron chi connectivity index (χ0n) is 11.2. The minimum Gasteiger partial charge on any atom is -0.486 e. The van der Waals surface area contributed by atoms with E-state index in [1.807, 2.05) is 48.5 Å². The second-order valence-corrected chi connectivity index (χ2v) is 5.96. The van der Waals surface area contributed by atoms with Crippen molar-refractivity contribution in [1.82, 2.24) is 5.32 Å². The Balaban J connectivity index is 1.56. The van der Waals surface area contributed by atoms with Crippen molar-refractivity contribution in [1.29, 1.82) is 0 Å². The minimum atomic E-state index is -0.173. The second kappa shape index (κ2) is 6.34. The Morgan fingerprint density at radius 3 is 2.62 bits per heavy atom. The van der Waals surface area contributed by atoms with Crippen LogP contribution in [-0.4, -0.2) is 25.2 Å². The van der Waals surface area contributed by atoms with Crippen molar-refractivity contribution in [3.63, 3.8) is 0 Å². The lowest BCUT2D eigenvalue weighted by Gasteiger charge is -2.26. The summed E-state index contributed by atoms with van der Waals surface area (Å²) in [6, 6.07) is 15.0. The summed E-state index contributed by atoms with van der Waals surface area (Å²) in [6.07, 6.45) is -0.173. The van der Waals surface area contributed by atoms with Gasteiger partial charge in [0.1, 0.15) is 12.7 Å². The number of ether oxygens (including phenoxy) is 2. The second-order valence-electron chi connectivity index (χ2n) is 4.71. The molecule has 0 bridgehead atoms. The van der Waals surface area contributed by atoms with Crippen molar-refractivity contribution in [2.45, 2.75) is 6.10 Å². The fourth-order valence-corrected chi connectivity index (χ4v) is 2.43. The average Bonchev–Trinajstić information content (AvgIpc) is 2.53. The highest BCUT2D eigenvalue weighted by Crippen LogP contribution is 2.30. The van der Waals surface area contributed by atoms with Crippen molar-refractivity contribution < 1.29 is 14.3 Å². The molecular weight excluding hydrogens is 381 g/mol. The van der Waals surface area contributed by atoms with E-state index >= 15 is 0 Å². The van der Waals surface area contributed by atoms with Gasteiger partial charge in [-0.15, -0.1) is 0 Å². The normalized spacial score (nSPS) is 16.3. The number of fused-ring (bicyclic) bond motifs is 1. The number of benzene rings is 2. The third-order valence-corrected chi connectivity index (χ3v) is 3.88. The number of hydrogen-bond donors (Lipinski definition) is 1. The Bertz CT molecular complexity index is 642. The van der Waals surface area contributed by atoms with Gasteiger partial charge in [-0.05, 0) is 59.0 Å². The van der Waals surface area contributed by atoms with E-state index in [-0.39, 0.29) is 12.0 Å². The van der Waals surface area contributed by atoms with Gasteiger partial charge in [0.15, 0.2) is 11.5 Å². The molecule has 1 aliphatic rings. The summed E-state index contributed by atoms with van der Waals surface area (Å²) in [6.45, 7) is 0.850. The Morgan fingerprint density at radius 1 is 1.14 bits per heavy atom. The van der Waals surface area contributed by atoms with Gasteiger partial charge in [-0.3, -0.25) is 4.79 Å². The first-order chi connectivity index (χ1) is 10.2. The number of halogens is 1. The lowest BCUT2D eigenvalue weighted by Crippen LogP contribution is -2.40. The third kappa shape index (κ3) is 3.47. The summed E-state index contributed by atoms with van der Waals surface area (Å²) in [5.74, 6) is 1.36. The number of amides is 1. The summed E-state index contributed by atoms with van der Waals surface area (Å²) in [7, 11) is 0. The molecule has 0 aromatic heterocycles. The predicted octanol–water partition coefficient (Wildman–Crippen LogP) is 2.86. The number of carbonyl (C=O) groups is 1. The van der Waals surface area contributed by atoms with Gasteiger partial charge >= 0.3 is 0 Å². The smallest absolute Gasteiger partial charge is 0.251 e. The molecule has 1 aliphatic heterocycles. The van der Waals surface area contributed by atoms with Gasteiger partial charge < -0.3 is 14.8 Å². The highest BCUT2D eigenvalue weighted by molar-refractivity contribution is 14.1. The highest BCUT2D eigenvalue weighted by atomic mass is 127. The van der Waals surface area contributed by atoms with Crippen molar-refractivity contribution in [3.05, 3.63) is 57.7 Å². The van der Waals surface area contributed by atoms with E-state index in [2.05, 4.69) is 27.9 Å². The maximum absolute atomic E-state index is 12.0. The lowest BCUT2D eigenvalue weighted by molar-refractivity contribution is 0.0789. The minimum absolute atomic E-state index is 0.103. The largest absolute Gasteiger partial charge is 0.486 e. The van der Waals surface area contributed by atoms with Crippen LogP contribution in [0.25, 0.3) is 0 Å². The molecular formula is C16H14INO3. The average molecular weight is 395 g/mol. The standard InChI is InChI=1S/C16H14INO3/c17-12-7-5-11(6-8-12)16(19)18-9-13-10-20-14-3-1-2-4-15(14)21-13/h1-8,13H,9-10H2,(H,18,19)/t13-/m0/s1. The Kier molecular flexibility index (Phi) is 4.28. The van der Waals surface area contributed by atoms with Gasteiger partial charge in [0.25, 0.3) is 5.91 Å². The molecule has 3 rings (SSSR count). The summed E-state index contributed by atoms with van der Waals surface area (Å²) in [4.78, 5) is 12.0. The lowest BCUT2D eigenvalue weighted by atomic mass is 10.2. The number of carbonyl (C=O) groups excluding carboxylic acids is 1. The molecule has 5 heteroatoms. The SMILES string of the molecule is O=C(NC[C@H]1COc2ccccc2O1)c1ccc(I)cc1.